The predicted octanol–water partition coefficient (Wildman–Crippen LogP) is 1.71. The first kappa shape index (κ1) is 20.6. The normalized spacial score (nSPS) is 30.7. The lowest BCUT2D eigenvalue weighted by Gasteiger charge is -2.36. The third-order valence-corrected chi connectivity index (χ3v) is 7.85. The second-order valence-corrected chi connectivity index (χ2v) is 9.89. The number of carbonyl (C=O) groups excluding carboxylic acids is 3. The van der Waals surface area contributed by atoms with Gasteiger partial charge in [0.25, 0.3) is 5.91 Å². The van der Waals surface area contributed by atoms with Crippen LogP contribution >= 0.6 is 0 Å². The van der Waals surface area contributed by atoms with Crippen molar-refractivity contribution in [1.29, 1.82) is 0 Å². The molecule has 1 atom stereocenters. The molecule has 7 heteroatoms. The summed E-state index contributed by atoms with van der Waals surface area (Å²) in [7, 11) is 0. The van der Waals surface area contributed by atoms with Crippen molar-refractivity contribution in [2.24, 2.45) is 11.3 Å². The van der Waals surface area contributed by atoms with Crippen LogP contribution in [0.4, 0.5) is 0 Å². The van der Waals surface area contributed by atoms with E-state index in [4.69, 9.17) is 0 Å². The molecular formula is C24H32N4O3. The van der Waals surface area contributed by atoms with Crippen molar-refractivity contribution in [2.45, 2.75) is 64.1 Å². The van der Waals surface area contributed by atoms with Crippen LogP contribution in [0.2, 0.25) is 0 Å². The van der Waals surface area contributed by atoms with Gasteiger partial charge in [-0.3, -0.25) is 19.7 Å². The van der Waals surface area contributed by atoms with Crippen LogP contribution in [0.1, 0.15) is 66.4 Å². The fraction of sp³-hybridized carbons (Fsp3) is 0.625. The highest BCUT2D eigenvalue weighted by Gasteiger charge is 2.39. The number of nitrogens with zero attached hydrogens (tertiary/aromatic N) is 1. The number of piperidine rings is 1. The van der Waals surface area contributed by atoms with Gasteiger partial charge in [-0.05, 0) is 80.1 Å². The molecule has 1 aromatic rings. The van der Waals surface area contributed by atoms with Crippen molar-refractivity contribution >= 4 is 17.7 Å². The largest absolute Gasteiger partial charge is 0.322 e. The topological polar surface area (TPSA) is 90.5 Å². The van der Waals surface area contributed by atoms with E-state index in [1.54, 1.807) is 4.90 Å². The van der Waals surface area contributed by atoms with Crippen LogP contribution in [-0.2, 0) is 22.7 Å². The van der Waals surface area contributed by atoms with Gasteiger partial charge in [0.1, 0.15) is 6.04 Å². The minimum absolute atomic E-state index is 0.110. The molecule has 7 nitrogen and oxygen atoms in total. The first-order valence-electron chi connectivity index (χ1n) is 11.7. The van der Waals surface area contributed by atoms with Gasteiger partial charge >= 0.3 is 0 Å². The molecule has 3 heterocycles. The second kappa shape index (κ2) is 8.36. The summed E-state index contributed by atoms with van der Waals surface area (Å²) in [4.78, 5) is 38.0. The Labute approximate surface area is 183 Å². The third-order valence-electron chi connectivity index (χ3n) is 7.85. The summed E-state index contributed by atoms with van der Waals surface area (Å²) < 4.78 is 0. The van der Waals surface area contributed by atoms with Crippen molar-refractivity contribution in [3.05, 3.63) is 34.9 Å². The Balaban J connectivity index is 1.14. The Kier molecular flexibility index (Phi) is 5.56. The molecule has 3 fully saturated rings. The summed E-state index contributed by atoms with van der Waals surface area (Å²) in [5.74, 6) is 0.0283. The number of rotatable bonds is 5. The molecule has 0 aromatic heterocycles. The Morgan fingerprint density at radius 1 is 1.10 bits per heavy atom. The van der Waals surface area contributed by atoms with E-state index in [2.05, 4.69) is 22.0 Å². The maximum atomic E-state index is 12.8. The Morgan fingerprint density at radius 2 is 1.94 bits per heavy atom. The van der Waals surface area contributed by atoms with Crippen LogP contribution in [0, 0.1) is 11.3 Å². The minimum atomic E-state index is -0.552. The van der Waals surface area contributed by atoms with Crippen LogP contribution in [0.15, 0.2) is 18.2 Å². The van der Waals surface area contributed by atoms with E-state index in [-0.39, 0.29) is 24.1 Å². The van der Waals surface area contributed by atoms with Gasteiger partial charge in [0.2, 0.25) is 11.8 Å². The number of nitrogens with one attached hydrogen (secondary N) is 3. The summed E-state index contributed by atoms with van der Waals surface area (Å²) in [6.07, 6.45) is 7.36. The monoisotopic (exact) mass is 424 g/mol. The van der Waals surface area contributed by atoms with E-state index in [9.17, 15) is 14.4 Å². The second-order valence-electron chi connectivity index (χ2n) is 9.89. The Bertz CT molecular complexity index is 883. The SMILES string of the molecule is O=C1CCC(N2Cc3cc(CNCC4CCC5(CCNC5)CC4)ccc3C2=O)C(=O)N1. The molecule has 2 saturated heterocycles. The van der Waals surface area contributed by atoms with E-state index < -0.39 is 6.04 Å². The van der Waals surface area contributed by atoms with E-state index in [1.807, 2.05) is 12.1 Å². The summed E-state index contributed by atoms with van der Waals surface area (Å²) in [5, 5.41) is 9.51. The van der Waals surface area contributed by atoms with Gasteiger partial charge in [0.05, 0.1) is 0 Å². The molecule has 166 valence electrons. The van der Waals surface area contributed by atoms with Crippen LogP contribution in [0.5, 0.6) is 0 Å². The first-order chi connectivity index (χ1) is 15.0. The lowest BCUT2D eigenvalue weighted by atomic mass is 9.70. The smallest absolute Gasteiger partial charge is 0.255 e. The molecule has 0 radical (unpaired) electrons. The van der Waals surface area contributed by atoms with Gasteiger partial charge < -0.3 is 15.5 Å². The molecule has 4 aliphatic rings. The molecule has 3 amide bonds. The first-order valence-corrected chi connectivity index (χ1v) is 11.7. The fourth-order valence-electron chi connectivity index (χ4n) is 5.87. The molecule has 1 saturated carbocycles. The van der Waals surface area contributed by atoms with E-state index in [0.29, 0.717) is 23.9 Å². The summed E-state index contributed by atoms with van der Waals surface area (Å²) >= 11 is 0. The summed E-state index contributed by atoms with van der Waals surface area (Å²) in [6, 6.07) is 5.44. The highest BCUT2D eigenvalue weighted by Crippen LogP contribution is 2.42. The molecule has 0 bridgehead atoms. The molecule has 1 aliphatic carbocycles. The van der Waals surface area contributed by atoms with Gasteiger partial charge in [-0.15, -0.1) is 0 Å². The number of hydrogen-bond donors (Lipinski definition) is 3. The van der Waals surface area contributed by atoms with Crippen molar-refractivity contribution < 1.29 is 14.4 Å². The molecule has 3 N–H and O–H groups in total. The van der Waals surface area contributed by atoms with E-state index in [1.165, 1.54) is 50.8 Å². The molecule has 1 aromatic carbocycles. The zero-order valence-electron chi connectivity index (χ0n) is 18.0. The highest BCUT2D eigenvalue weighted by atomic mass is 16.2. The molecule has 1 unspecified atom stereocenters. The molecule has 5 rings (SSSR count). The Hall–Kier alpha value is -2.25. The maximum Gasteiger partial charge on any atom is 0.255 e. The highest BCUT2D eigenvalue weighted by molar-refractivity contribution is 6.05. The lowest BCUT2D eigenvalue weighted by molar-refractivity contribution is -0.136. The molecule has 3 aliphatic heterocycles. The number of hydrogen-bond acceptors (Lipinski definition) is 5. The van der Waals surface area contributed by atoms with Gasteiger partial charge in [0, 0.05) is 31.6 Å². The zero-order valence-corrected chi connectivity index (χ0v) is 18.0. The molecule has 1 spiro atoms. The molecule has 31 heavy (non-hydrogen) atoms. The zero-order chi connectivity index (χ0) is 21.4. The lowest BCUT2D eigenvalue weighted by Crippen LogP contribution is -2.52. The van der Waals surface area contributed by atoms with Crippen molar-refractivity contribution in [3.8, 4) is 0 Å². The summed E-state index contributed by atoms with van der Waals surface area (Å²) in [6.45, 7) is 4.67. The Morgan fingerprint density at radius 3 is 2.68 bits per heavy atom. The van der Waals surface area contributed by atoms with E-state index in [0.717, 1.165) is 24.6 Å². The predicted molar refractivity (Wildman–Crippen MR) is 116 cm³/mol. The van der Waals surface area contributed by atoms with Crippen molar-refractivity contribution in [2.75, 3.05) is 19.6 Å². The summed E-state index contributed by atoms with van der Waals surface area (Å²) in [5.41, 5.74) is 3.40. The van der Waals surface area contributed by atoms with Gasteiger partial charge in [-0.25, -0.2) is 0 Å². The third kappa shape index (κ3) is 4.13. The van der Waals surface area contributed by atoms with Crippen LogP contribution < -0.4 is 16.0 Å². The van der Waals surface area contributed by atoms with Crippen LogP contribution in [-0.4, -0.2) is 48.3 Å². The number of carbonyl (C=O) groups is 3. The van der Waals surface area contributed by atoms with Gasteiger partial charge in [-0.1, -0.05) is 12.1 Å². The minimum Gasteiger partial charge on any atom is -0.322 e. The van der Waals surface area contributed by atoms with E-state index >= 15 is 0 Å². The number of imide groups is 1. The number of benzene rings is 1. The number of fused-ring (bicyclic) bond motifs is 1. The average molecular weight is 425 g/mol. The van der Waals surface area contributed by atoms with Crippen LogP contribution in [0.3, 0.4) is 0 Å². The van der Waals surface area contributed by atoms with Crippen molar-refractivity contribution in [3.63, 3.8) is 0 Å². The van der Waals surface area contributed by atoms with Gasteiger partial charge in [0.15, 0.2) is 0 Å². The quantitative estimate of drug-likeness (QED) is 0.626. The van der Waals surface area contributed by atoms with Crippen molar-refractivity contribution in [1.82, 2.24) is 20.9 Å². The molecular weight excluding hydrogens is 392 g/mol. The average Bonchev–Trinajstić information content (AvgIpc) is 3.34. The maximum absolute atomic E-state index is 12.8. The van der Waals surface area contributed by atoms with Crippen LogP contribution in [0.25, 0.3) is 0 Å². The van der Waals surface area contributed by atoms with Gasteiger partial charge in [-0.2, -0.15) is 0 Å². The standard InChI is InChI=1S/C24H32N4O3/c29-21-4-3-20(22(30)27-21)28-14-18-11-17(1-2-19(18)23(28)31)13-26-12-16-5-7-24(8-6-16)9-10-25-15-24/h1-2,11,16,20,25-26H,3-10,12-15H2,(H,27,29,30). The number of amides is 3. The fourth-order valence-corrected chi connectivity index (χ4v) is 5.87.